The van der Waals surface area contributed by atoms with E-state index in [0.717, 1.165) is 19.8 Å². The minimum Gasteiger partial charge on any atom is -0.319 e. The fourth-order valence-electron chi connectivity index (χ4n) is 4.14. The van der Waals surface area contributed by atoms with Gasteiger partial charge in [-0.3, -0.25) is 0 Å². The van der Waals surface area contributed by atoms with Gasteiger partial charge in [0.2, 0.25) is 6.67 Å². The molecular formula is C24H31N2+. The van der Waals surface area contributed by atoms with E-state index >= 15 is 0 Å². The van der Waals surface area contributed by atoms with Crippen molar-refractivity contribution in [1.82, 2.24) is 4.90 Å². The maximum atomic E-state index is 2.41. The van der Waals surface area contributed by atoms with Gasteiger partial charge in [0.25, 0.3) is 0 Å². The van der Waals surface area contributed by atoms with Gasteiger partial charge in [-0.2, -0.15) is 0 Å². The Bertz CT molecular complexity index is 841. The highest BCUT2D eigenvalue weighted by Crippen LogP contribution is 2.21. The zero-order valence-corrected chi connectivity index (χ0v) is 17.1. The predicted molar refractivity (Wildman–Crippen MR) is 111 cm³/mol. The summed E-state index contributed by atoms with van der Waals surface area (Å²) in [5, 5.41) is 0. The molecule has 0 saturated carbocycles. The molecule has 26 heavy (non-hydrogen) atoms. The molecule has 1 aliphatic rings. The largest absolute Gasteiger partial charge is 0.319 e. The molecule has 2 aromatic rings. The molecule has 0 spiro atoms. The Morgan fingerprint density at radius 1 is 0.769 bits per heavy atom. The summed E-state index contributed by atoms with van der Waals surface area (Å²) in [4.78, 5) is 2.41. The van der Waals surface area contributed by atoms with Crippen molar-refractivity contribution in [3.63, 3.8) is 0 Å². The molecule has 0 saturated heterocycles. The van der Waals surface area contributed by atoms with Gasteiger partial charge in [-0.15, -0.1) is 0 Å². The van der Waals surface area contributed by atoms with E-state index in [0.29, 0.717) is 0 Å². The van der Waals surface area contributed by atoms with E-state index in [9.17, 15) is 0 Å². The van der Waals surface area contributed by atoms with Gasteiger partial charge in [0.15, 0.2) is 12.8 Å². The molecule has 0 aromatic heterocycles. The molecule has 1 heterocycles. The maximum absolute atomic E-state index is 2.41. The van der Waals surface area contributed by atoms with Gasteiger partial charge in [-0.05, 0) is 69.4 Å². The van der Waals surface area contributed by atoms with E-state index in [1.54, 1.807) is 0 Å². The first-order valence-electron chi connectivity index (χ1n) is 9.46. The molecule has 0 bridgehead atoms. The molecular weight excluding hydrogens is 316 g/mol. The summed E-state index contributed by atoms with van der Waals surface area (Å²) in [6.07, 6.45) is 6.59. The Morgan fingerprint density at radius 2 is 1.27 bits per heavy atom. The Labute approximate surface area is 158 Å². The standard InChI is InChI=1S/C24H31N2/c1-17-10-19(3)23(20(4)11-17)14-25-8-7-9-26(16-25)15-24-21(5)12-18(2)13-22(24)6/h7-13H,14-16H2,1-6H3/q+1. The predicted octanol–water partition coefficient (Wildman–Crippen LogP) is 5.11. The van der Waals surface area contributed by atoms with Crippen LogP contribution in [0.4, 0.5) is 0 Å². The molecule has 0 unspecified atom stereocenters. The fraction of sp³-hybridized carbons (Fsp3) is 0.375. The molecule has 0 radical (unpaired) electrons. The molecule has 2 heteroatoms. The van der Waals surface area contributed by atoms with Crippen LogP contribution in [0.5, 0.6) is 0 Å². The highest BCUT2D eigenvalue weighted by Gasteiger charge is 2.17. The number of aryl methyl sites for hydroxylation is 6. The van der Waals surface area contributed by atoms with Crippen molar-refractivity contribution in [2.24, 2.45) is 0 Å². The molecule has 0 atom stereocenters. The first-order valence-corrected chi connectivity index (χ1v) is 9.46. The zero-order chi connectivity index (χ0) is 18.8. The van der Waals surface area contributed by atoms with E-state index in [-0.39, 0.29) is 0 Å². The second kappa shape index (κ2) is 7.49. The van der Waals surface area contributed by atoms with Crippen molar-refractivity contribution in [1.29, 1.82) is 0 Å². The van der Waals surface area contributed by atoms with Crippen LogP contribution in [0.25, 0.3) is 0 Å². The smallest absolute Gasteiger partial charge is 0.218 e. The Hall–Kier alpha value is -2.35. The van der Waals surface area contributed by atoms with Crippen LogP contribution in [0, 0.1) is 41.5 Å². The van der Waals surface area contributed by atoms with Crippen molar-refractivity contribution < 1.29 is 4.58 Å². The van der Waals surface area contributed by atoms with Crippen LogP contribution in [0.15, 0.2) is 36.5 Å². The Balaban J connectivity index is 1.75. The van der Waals surface area contributed by atoms with Gasteiger partial charge in [0, 0.05) is 24.4 Å². The van der Waals surface area contributed by atoms with E-state index in [1.807, 2.05) is 0 Å². The summed E-state index contributed by atoms with van der Waals surface area (Å²) < 4.78 is 2.41. The minimum absolute atomic E-state index is 0.927. The maximum Gasteiger partial charge on any atom is 0.218 e. The molecule has 2 aromatic carbocycles. The lowest BCUT2D eigenvalue weighted by molar-refractivity contribution is -0.559. The van der Waals surface area contributed by atoms with Crippen LogP contribution < -0.4 is 0 Å². The summed E-state index contributed by atoms with van der Waals surface area (Å²) in [5.74, 6) is 0. The van der Waals surface area contributed by atoms with Gasteiger partial charge in [0.1, 0.15) is 0 Å². The first kappa shape index (κ1) is 18.4. The fourth-order valence-corrected chi connectivity index (χ4v) is 4.14. The van der Waals surface area contributed by atoms with Crippen LogP contribution >= 0.6 is 0 Å². The molecule has 3 rings (SSSR count). The van der Waals surface area contributed by atoms with Gasteiger partial charge < -0.3 is 4.90 Å². The molecule has 2 nitrogen and oxygen atoms in total. The summed E-state index contributed by atoms with van der Waals surface area (Å²) in [7, 11) is 0. The van der Waals surface area contributed by atoms with Crippen molar-refractivity contribution in [3.05, 3.63) is 81.0 Å². The molecule has 0 aliphatic carbocycles. The van der Waals surface area contributed by atoms with E-state index < -0.39 is 0 Å². The second-order valence-corrected chi connectivity index (χ2v) is 7.88. The van der Waals surface area contributed by atoms with E-state index in [4.69, 9.17) is 0 Å². The summed E-state index contributed by atoms with van der Waals surface area (Å²) in [6, 6.07) is 9.16. The van der Waals surface area contributed by atoms with Crippen LogP contribution in [0.3, 0.4) is 0 Å². The van der Waals surface area contributed by atoms with Gasteiger partial charge in [0.05, 0.1) is 0 Å². The summed E-state index contributed by atoms with van der Waals surface area (Å²) >= 11 is 0. The van der Waals surface area contributed by atoms with Crippen LogP contribution in [-0.2, 0) is 13.1 Å². The van der Waals surface area contributed by atoms with E-state index in [1.165, 1.54) is 44.5 Å². The third-order valence-corrected chi connectivity index (χ3v) is 5.36. The average molecular weight is 348 g/mol. The summed E-state index contributed by atoms with van der Waals surface area (Å²) in [5.41, 5.74) is 11.2. The topological polar surface area (TPSA) is 6.25 Å². The Morgan fingerprint density at radius 3 is 1.81 bits per heavy atom. The Kier molecular flexibility index (Phi) is 5.31. The monoisotopic (exact) mass is 347 g/mol. The van der Waals surface area contributed by atoms with Crippen LogP contribution in [0.2, 0.25) is 0 Å². The van der Waals surface area contributed by atoms with Crippen molar-refractivity contribution >= 4 is 6.21 Å². The molecule has 0 fully saturated rings. The van der Waals surface area contributed by atoms with E-state index in [2.05, 4.69) is 93.8 Å². The second-order valence-electron chi connectivity index (χ2n) is 7.88. The number of benzene rings is 2. The SMILES string of the molecule is Cc1cc(C)c(CN2C=CC=[N+](Cc3c(C)cc(C)cc3C)C2)c(C)c1. The van der Waals surface area contributed by atoms with Gasteiger partial charge in [-0.1, -0.05) is 35.4 Å². The third-order valence-electron chi connectivity index (χ3n) is 5.36. The first-order chi connectivity index (χ1) is 12.3. The van der Waals surface area contributed by atoms with Crippen LogP contribution in [0.1, 0.15) is 44.5 Å². The molecule has 0 N–H and O–H groups in total. The normalized spacial score (nSPS) is 13.9. The number of hydrogen-bond acceptors (Lipinski definition) is 1. The minimum atomic E-state index is 0.927. The highest BCUT2D eigenvalue weighted by molar-refractivity contribution is 5.66. The lowest BCUT2D eigenvalue weighted by Gasteiger charge is -2.23. The molecule has 136 valence electrons. The zero-order valence-electron chi connectivity index (χ0n) is 17.1. The van der Waals surface area contributed by atoms with Gasteiger partial charge in [-0.25, -0.2) is 4.58 Å². The summed E-state index contributed by atoms with van der Waals surface area (Å²) in [6.45, 7) is 16.1. The quantitative estimate of drug-likeness (QED) is 0.697. The highest BCUT2D eigenvalue weighted by atomic mass is 15.3. The van der Waals surface area contributed by atoms with Gasteiger partial charge >= 0.3 is 0 Å². The van der Waals surface area contributed by atoms with Crippen molar-refractivity contribution in [2.75, 3.05) is 6.67 Å². The molecule has 1 aliphatic heterocycles. The number of rotatable bonds is 4. The third kappa shape index (κ3) is 4.07. The average Bonchev–Trinajstić information content (AvgIpc) is 2.55. The number of allylic oxidation sites excluding steroid dienone is 1. The number of nitrogens with zero attached hydrogens (tertiary/aromatic N) is 2. The van der Waals surface area contributed by atoms with Crippen molar-refractivity contribution in [2.45, 2.75) is 54.6 Å². The van der Waals surface area contributed by atoms with Crippen molar-refractivity contribution in [3.8, 4) is 0 Å². The number of hydrogen-bond donors (Lipinski definition) is 0. The molecule has 0 amide bonds. The lowest BCUT2D eigenvalue weighted by atomic mass is 9.99. The lowest BCUT2D eigenvalue weighted by Crippen LogP contribution is -2.32. The van der Waals surface area contributed by atoms with Crippen LogP contribution in [-0.4, -0.2) is 22.4 Å².